The van der Waals surface area contributed by atoms with E-state index >= 15 is 0 Å². The maximum Gasteiger partial charge on any atom is 1.00 e. The van der Waals surface area contributed by atoms with Crippen molar-refractivity contribution in [2.24, 2.45) is 10.2 Å². The summed E-state index contributed by atoms with van der Waals surface area (Å²) in [5, 5.41) is 82.2. The Hall–Kier alpha value is -5.10. The van der Waals surface area contributed by atoms with Crippen molar-refractivity contribution in [1.29, 1.82) is 5.26 Å². The van der Waals surface area contributed by atoms with Crippen molar-refractivity contribution in [3.63, 3.8) is 0 Å². The molecule has 3 aromatic heterocycles. The zero-order valence-corrected chi connectivity index (χ0v) is 27.6. The molecule has 0 aliphatic rings. The van der Waals surface area contributed by atoms with E-state index in [0.29, 0.717) is 0 Å². The smallest absolute Gasteiger partial charge is 0.545 e. The summed E-state index contributed by atoms with van der Waals surface area (Å²) in [6.45, 7) is 1.54. The van der Waals surface area contributed by atoms with Gasteiger partial charge in [0.05, 0.1) is 41.5 Å². The number of nitriles is 1. The summed E-state index contributed by atoms with van der Waals surface area (Å²) < 4.78 is 2.16. The molecule has 23 heteroatoms. The van der Waals surface area contributed by atoms with Crippen LogP contribution in [0.5, 0.6) is 0 Å². The van der Waals surface area contributed by atoms with Crippen LogP contribution in [0.15, 0.2) is 65.0 Å². The van der Waals surface area contributed by atoms with Crippen molar-refractivity contribution < 1.29 is 115 Å². The molecule has 0 spiro atoms. The number of azo groups is 1. The van der Waals surface area contributed by atoms with Gasteiger partial charge in [-0.15, -0.1) is 20.4 Å². The number of aromatic nitrogens is 6. The first-order valence-corrected chi connectivity index (χ1v) is 12.9. The van der Waals surface area contributed by atoms with Gasteiger partial charge >= 0.3 is 75.4 Å². The van der Waals surface area contributed by atoms with Crippen molar-refractivity contribution in [3.05, 3.63) is 88.2 Å². The van der Waals surface area contributed by atoms with Crippen molar-refractivity contribution >= 4 is 52.7 Å². The molecule has 0 unspecified atom stereocenters. The Morgan fingerprint density at radius 1 is 0.784 bits per heavy atom. The van der Waals surface area contributed by atoms with Crippen molar-refractivity contribution in [2.45, 2.75) is 6.92 Å². The monoisotopic (exact) mass is 661 g/mol. The van der Waals surface area contributed by atoms with E-state index in [4.69, 9.17) is 5.73 Å². The van der Waals surface area contributed by atoms with Crippen LogP contribution >= 0.6 is 0 Å². The fourth-order valence-corrected chi connectivity index (χ4v) is 4.20. The SMILES string of the molecule is Cc1nn(-c2ccc(Nc3cc(C(=O)[O-])cc(C(=O)[O-])c3)nn2)c(N)c1N=Nc1c(C#N)cnn1-c1cc(C(=O)[O-])cc(C(=O)[O-])c1.[Li+].[Li+].[Li+].[Li+]. The van der Waals surface area contributed by atoms with E-state index < -0.39 is 46.1 Å². The van der Waals surface area contributed by atoms with Crippen LogP contribution in [-0.4, -0.2) is 53.6 Å². The molecule has 5 rings (SSSR count). The molecular weight excluding hydrogens is 646 g/mol. The molecule has 3 N–H and O–H groups in total. The van der Waals surface area contributed by atoms with Gasteiger partial charge in [0.15, 0.2) is 29.0 Å². The average Bonchev–Trinajstić information content (AvgIpc) is 3.58. The van der Waals surface area contributed by atoms with Gasteiger partial charge in [0.2, 0.25) is 0 Å². The minimum Gasteiger partial charge on any atom is -0.545 e. The Labute approximate surface area is 334 Å². The number of carboxylic acid groups (broad SMARTS) is 4. The fraction of sp³-hybridized carbons (Fsp3) is 0.0357. The van der Waals surface area contributed by atoms with E-state index in [1.54, 1.807) is 6.92 Å². The first kappa shape index (κ1) is 43.9. The number of nitrogens with one attached hydrogen (secondary N) is 1. The van der Waals surface area contributed by atoms with E-state index in [1.165, 1.54) is 16.8 Å². The second kappa shape index (κ2) is 18.2. The molecule has 0 radical (unpaired) electrons. The maximum absolute atomic E-state index is 11.5. The fourth-order valence-electron chi connectivity index (χ4n) is 4.20. The second-order valence-corrected chi connectivity index (χ2v) is 9.46. The number of hydrogen-bond donors (Lipinski definition) is 2. The Morgan fingerprint density at radius 2 is 1.31 bits per heavy atom. The molecule has 234 valence electrons. The van der Waals surface area contributed by atoms with E-state index in [9.17, 15) is 44.9 Å². The van der Waals surface area contributed by atoms with E-state index in [2.05, 4.69) is 35.9 Å². The van der Waals surface area contributed by atoms with Gasteiger partial charge in [0, 0.05) is 5.69 Å². The van der Waals surface area contributed by atoms with Gasteiger partial charge in [0.1, 0.15) is 11.6 Å². The Bertz CT molecular complexity index is 2140. The molecule has 0 aliphatic heterocycles. The normalized spacial score (nSPS) is 10.0. The predicted molar refractivity (Wildman–Crippen MR) is 148 cm³/mol. The summed E-state index contributed by atoms with van der Waals surface area (Å²) >= 11 is 0. The Balaban J connectivity index is 0.00000325. The summed E-state index contributed by atoms with van der Waals surface area (Å²) in [4.78, 5) is 45.4. The largest absolute Gasteiger partial charge is 1.00 e. The molecule has 51 heavy (non-hydrogen) atoms. The maximum atomic E-state index is 11.5. The molecule has 0 bridgehead atoms. The Morgan fingerprint density at radius 3 is 1.78 bits per heavy atom. The van der Waals surface area contributed by atoms with Crippen LogP contribution in [0.1, 0.15) is 52.7 Å². The molecular formula is C28H15Li4N11O8. The number of carbonyl (C=O) groups excluding carboxylic acids is 4. The summed E-state index contributed by atoms with van der Waals surface area (Å²) in [7, 11) is 0. The first-order chi connectivity index (χ1) is 22.4. The molecule has 5 aromatic rings. The van der Waals surface area contributed by atoms with Crippen LogP contribution in [0.25, 0.3) is 11.5 Å². The van der Waals surface area contributed by atoms with Gasteiger partial charge < -0.3 is 50.7 Å². The molecule has 0 saturated carbocycles. The molecule has 0 amide bonds. The number of nitrogens with two attached hydrogens (primary N) is 1. The van der Waals surface area contributed by atoms with E-state index in [1.807, 2.05) is 6.07 Å². The quantitative estimate of drug-likeness (QED) is 0.104. The molecule has 0 saturated heterocycles. The van der Waals surface area contributed by atoms with Gasteiger partial charge in [-0.05, 0) is 77.7 Å². The van der Waals surface area contributed by atoms with Crippen molar-refractivity contribution in [3.8, 4) is 17.6 Å². The number of benzene rings is 2. The molecule has 0 atom stereocenters. The number of rotatable bonds is 10. The van der Waals surface area contributed by atoms with Gasteiger partial charge in [-0.1, -0.05) is 0 Å². The van der Waals surface area contributed by atoms with Crippen LogP contribution in [-0.2, 0) is 0 Å². The first-order valence-electron chi connectivity index (χ1n) is 12.9. The van der Waals surface area contributed by atoms with Gasteiger partial charge in [-0.2, -0.15) is 20.1 Å². The zero-order valence-electron chi connectivity index (χ0n) is 27.6. The number of aromatic carboxylic acids is 4. The second-order valence-electron chi connectivity index (χ2n) is 9.46. The third-order valence-electron chi connectivity index (χ3n) is 6.35. The standard InChI is InChI=1S/C28H19N11O8.4Li/c1-12-22(35-36-24-17(10-29)11-31-38(24)19-8-15(27(44)45)5-16(9-19)28(46)47)23(30)39(37-12)21-3-2-20(33-34-21)32-18-6-13(25(40)41)4-14(7-18)26(42)43;;;;/h2-9,11H,30H2,1H3,(H,32,33)(H,40,41)(H,42,43)(H,44,45)(H,46,47);;;;/q;4*+1/p-4. The number of nitrogens with zero attached hydrogens (tertiary/aromatic N) is 9. The topological polar surface area (TPSA) is 309 Å². The van der Waals surface area contributed by atoms with Crippen molar-refractivity contribution in [2.75, 3.05) is 11.1 Å². The third kappa shape index (κ3) is 9.57. The minimum absolute atomic E-state index is 0. The van der Waals surface area contributed by atoms with Crippen LogP contribution in [0.2, 0.25) is 0 Å². The van der Waals surface area contributed by atoms with E-state index in [-0.39, 0.29) is 127 Å². The average molecular weight is 661 g/mol. The molecule has 19 nitrogen and oxygen atoms in total. The van der Waals surface area contributed by atoms with Crippen molar-refractivity contribution in [1.82, 2.24) is 29.8 Å². The number of anilines is 3. The summed E-state index contributed by atoms with van der Waals surface area (Å²) in [5.41, 5.74) is 4.64. The van der Waals surface area contributed by atoms with Gasteiger partial charge in [0.25, 0.3) is 0 Å². The Kier molecular flexibility index (Phi) is 15.7. The van der Waals surface area contributed by atoms with E-state index in [0.717, 1.165) is 47.3 Å². The summed E-state index contributed by atoms with van der Waals surface area (Å²) in [6.07, 6.45) is 1.11. The number of carbonyl (C=O) groups is 4. The van der Waals surface area contributed by atoms with Crippen LogP contribution < -0.4 is 107 Å². The minimum atomic E-state index is -1.66. The predicted octanol–water partition coefficient (Wildman–Crippen LogP) is -13.8. The van der Waals surface area contributed by atoms with Crippen LogP contribution in [0.4, 0.5) is 28.8 Å². The molecule has 0 aliphatic carbocycles. The number of aryl methyl sites for hydroxylation is 1. The molecule has 2 aromatic carbocycles. The number of carboxylic acids is 4. The van der Waals surface area contributed by atoms with Crippen LogP contribution in [0.3, 0.4) is 0 Å². The van der Waals surface area contributed by atoms with Gasteiger partial charge in [-0.3, -0.25) is 0 Å². The summed E-state index contributed by atoms with van der Waals surface area (Å²) in [6, 6.07) is 10.8. The van der Waals surface area contributed by atoms with Crippen LogP contribution in [0, 0.1) is 18.3 Å². The molecule has 0 fully saturated rings. The van der Waals surface area contributed by atoms with Gasteiger partial charge in [-0.25, -0.2) is 4.68 Å². The number of nitrogen functional groups attached to an aromatic ring is 1. The zero-order chi connectivity index (χ0) is 34.0. The third-order valence-corrected chi connectivity index (χ3v) is 6.35. The summed E-state index contributed by atoms with van der Waals surface area (Å²) in [5.74, 6) is -6.59. The number of hydrogen-bond acceptors (Lipinski definition) is 17. The molecule has 3 heterocycles.